The van der Waals surface area contributed by atoms with Gasteiger partial charge >= 0.3 is 12.3 Å². The lowest BCUT2D eigenvalue weighted by Crippen LogP contribution is -2.63. The van der Waals surface area contributed by atoms with Crippen molar-refractivity contribution in [2.75, 3.05) is 13.2 Å². The van der Waals surface area contributed by atoms with Crippen molar-refractivity contribution in [3.63, 3.8) is 0 Å². The molecular weight excluding hydrogens is 367 g/mol. The summed E-state index contributed by atoms with van der Waals surface area (Å²) in [6.45, 7) is 5.70. The monoisotopic (exact) mass is 389 g/mol. The van der Waals surface area contributed by atoms with E-state index in [1.165, 1.54) is 0 Å². The van der Waals surface area contributed by atoms with E-state index in [0.29, 0.717) is 0 Å². The standard InChI is InChI=1S/C17H22F3N3O4/c1-15(2,3)27-14(24)23-11-4-16(25,5-12(23)9-26-8-11)10-6-21-13(22-7-10)17(18,19)20/h6-7,11-12,25H,4-5,8-9H2,1-3H3. The normalized spacial score (nSPS) is 28.8. The van der Waals surface area contributed by atoms with Crippen LogP contribution in [0, 0.1) is 0 Å². The van der Waals surface area contributed by atoms with Crippen molar-refractivity contribution >= 4 is 6.09 Å². The minimum atomic E-state index is -4.65. The number of hydrogen-bond donors (Lipinski definition) is 1. The van der Waals surface area contributed by atoms with Gasteiger partial charge in [-0.25, -0.2) is 14.8 Å². The first kappa shape index (κ1) is 19.8. The van der Waals surface area contributed by atoms with Crippen molar-refractivity contribution in [2.45, 2.75) is 63.1 Å². The summed E-state index contributed by atoms with van der Waals surface area (Å²) < 4.78 is 48.9. The van der Waals surface area contributed by atoms with Crippen LogP contribution in [0.1, 0.15) is 45.0 Å². The third-order valence-electron chi connectivity index (χ3n) is 4.60. The number of fused-ring (bicyclic) bond motifs is 2. The van der Waals surface area contributed by atoms with E-state index in [9.17, 15) is 23.1 Å². The van der Waals surface area contributed by atoms with Crippen LogP contribution in [0.5, 0.6) is 0 Å². The fraction of sp³-hybridized carbons (Fsp3) is 0.706. The van der Waals surface area contributed by atoms with Crippen LogP contribution in [-0.2, 0) is 21.3 Å². The average molecular weight is 389 g/mol. The number of amides is 1. The highest BCUT2D eigenvalue weighted by Crippen LogP contribution is 2.41. The van der Waals surface area contributed by atoms with Gasteiger partial charge in [0.05, 0.1) is 30.9 Å². The van der Waals surface area contributed by atoms with Gasteiger partial charge in [-0.3, -0.25) is 4.90 Å². The van der Waals surface area contributed by atoms with Gasteiger partial charge in [-0.1, -0.05) is 0 Å². The van der Waals surface area contributed by atoms with Gasteiger partial charge in [0.1, 0.15) is 5.60 Å². The number of halogens is 3. The number of rotatable bonds is 1. The summed E-state index contributed by atoms with van der Waals surface area (Å²) in [5, 5.41) is 11.1. The number of ether oxygens (including phenoxy) is 2. The zero-order chi connectivity index (χ0) is 20.0. The molecule has 1 amide bonds. The van der Waals surface area contributed by atoms with Crippen LogP contribution < -0.4 is 0 Å². The summed E-state index contributed by atoms with van der Waals surface area (Å²) >= 11 is 0. The molecule has 27 heavy (non-hydrogen) atoms. The second kappa shape index (κ2) is 6.59. The fourth-order valence-corrected chi connectivity index (χ4v) is 3.54. The highest BCUT2D eigenvalue weighted by atomic mass is 19.4. The Bertz CT molecular complexity index is 689. The predicted octanol–water partition coefficient (Wildman–Crippen LogP) is 2.48. The van der Waals surface area contributed by atoms with Gasteiger partial charge in [-0.15, -0.1) is 0 Å². The molecule has 0 saturated carbocycles. The first-order valence-electron chi connectivity index (χ1n) is 8.60. The van der Waals surface area contributed by atoms with Gasteiger partial charge in [0.25, 0.3) is 0 Å². The Kier molecular flexibility index (Phi) is 4.84. The Labute approximate surface area is 154 Å². The highest BCUT2D eigenvalue weighted by molar-refractivity contribution is 5.69. The third kappa shape index (κ3) is 4.16. The largest absolute Gasteiger partial charge is 0.451 e. The molecule has 10 heteroatoms. The second-order valence-corrected chi connectivity index (χ2v) is 7.97. The molecule has 1 aromatic heterocycles. The summed E-state index contributed by atoms with van der Waals surface area (Å²) in [5.74, 6) is -1.26. The van der Waals surface area contributed by atoms with Crippen molar-refractivity contribution in [2.24, 2.45) is 0 Å². The van der Waals surface area contributed by atoms with E-state index in [0.717, 1.165) is 12.4 Å². The summed E-state index contributed by atoms with van der Waals surface area (Å²) in [5.41, 5.74) is -1.92. The van der Waals surface area contributed by atoms with Crippen molar-refractivity contribution in [1.82, 2.24) is 14.9 Å². The topological polar surface area (TPSA) is 84.8 Å². The Morgan fingerprint density at radius 1 is 1.22 bits per heavy atom. The predicted molar refractivity (Wildman–Crippen MR) is 86.6 cm³/mol. The third-order valence-corrected chi connectivity index (χ3v) is 4.60. The van der Waals surface area contributed by atoms with Crippen molar-refractivity contribution in [3.05, 3.63) is 23.8 Å². The lowest BCUT2D eigenvalue weighted by atomic mass is 9.78. The zero-order valence-corrected chi connectivity index (χ0v) is 15.3. The van der Waals surface area contributed by atoms with Crippen LogP contribution in [0.25, 0.3) is 0 Å². The van der Waals surface area contributed by atoms with E-state index < -0.39 is 41.4 Å². The zero-order valence-electron chi connectivity index (χ0n) is 15.3. The molecule has 2 aliphatic rings. The van der Waals surface area contributed by atoms with Crippen molar-refractivity contribution < 1.29 is 32.5 Å². The Morgan fingerprint density at radius 3 is 2.19 bits per heavy atom. The second-order valence-electron chi connectivity index (χ2n) is 7.97. The molecule has 0 spiro atoms. The summed E-state index contributed by atoms with van der Waals surface area (Å²) in [6.07, 6.45) is -2.96. The maximum Gasteiger partial charge on any atom is 0.451 e. The van der Waals surface area contributed by atoms with Crippen LogP contribution in [0.4, 0.5) is 18.0 Å². The molecule has 1 aromatic rings. The molecule has 2 atom stereocenters. The molecule has 150 valence electrons. The number of carbonyl (C=O) groups is 1. The summed E-state index contributed by atoms with van der Waals surface area (Å²) in [7, 11) is 0. The molecule has 3 rings (SSSR count). The van der Waals surface area contributed by atoms with E-state index in [1.54, 1.807) is 25.7 Å². The lowest BCUT2D eigenvalue weighted by Gasteiger charge is -2.51. The number of morpholine rings is 1. The quantitative estimate of drug-likeness (QED) is 0.794. The summed E-state index contributed by atoms with van der Waals surface area (Å²) in [6, 6.07) is -0.917. The van der Waals surface area contributed by atoms with Gasteiger partial charge in [0, 0.05) is 30.8 Å². The number of piperidine rings is 1. The SMILES string of the molecule is CC(C)(C)OC(=O)N1C2COCC1CC(O)(c1cnc(C(F)(F)F)nc1)C2. The van der Waals surface area contributed by atoms with Gasteiger partial charge in [-0.2, -0.15) is 13.2 Å². The smallest absolute Gasteiger partial charge is 0.444 e. The molecule has 2 fully saturated rings. The van der Waals surface area contributed by atoms with Crippen LogP contribution in [0.2, 0.25) is 0 Å². The molecular formula is C17H22F3N3O4. The first-order valence-corrected chi connectivity index (χ1v) is 8.60. The maximum absolute atomic E-state index is 12.7. The molecule has 2 saturated heterocycles. The molecule has 7 nitrogen and oxygen atoms in total. The van der Waals surface area contributed by atoms with Crippen LogP contribution in [0.15, 0.2) is 12.4 Å². The first-order chi connectivity index (χ1) is 12.4. The number of hydrogen-bond acceptors (Lipinski definition) is 6. The minimum absolute atomic E-state index is 0.0947. The Hall–Kier alpha value is -1.94. The average Bonchev–Trinajstić information content (AvgIpc) is 2.51. The van der Waals surface area contributed by atoms with Crippen LogP contribution >= 0.6 is 0 Å². The molecule has 1 N–H and O–H groups in total. The number of nitrogens with zero attached hydrogens (tertiary/aromatic N) is 3. The maximum atomic E-state index is 12.7. The Balaban J connectivity index is 1.82. The van der Waals surface area contributed by atoms with Gasteiger partial charge in [0.15, 0.2) is 0 Å². The fourth-order valence-electron chi connectivity index (χ4n) is 3.54. The number of aromatic nitrogens is 2. The van der Waals surface area contributed by atoms with Crippen molar-refractivity contribution in [1.29, 1.82) is 0 Å². The van der Waals surface area contributed by atoms with Crippen molar-refractivity contribution in [3.8, 4) is 0 Å². The Morgan fingerprint density at radius 2 is 1.74 bits per heavy atom. The van der Waals surface area contributed by atoms with E-state index in [2.05, 4.69) is 9.97 Å². The molecule has 0 aromatic carbocycles. The molecule has 3 heterocycles. The number of aliphatic hydroxyl groups is 1. The van der Waals surface area contributed by atoms with Gasteiger partial charge < -0.3 is 14.6 Å². The molecule has 0 radical (unpaired) electrons. The molecule has 2 bridgehead atoms. The van der Waals surface area contributed by atoms with Crippen LogP contribution in [-0.4, -0.2) is 57.0 Å². The number of carbonyl (C=O) groups excluding carboxylic acids is 1. The van der Waals surface area contributed by atoms with E-state index in [1.807, 2.05) is 0 Å². The molecule has 2 unspecified atom stereocenters. The minimum Gasteiger partial charge on any atom is -0.444 e. The lowest BCUT2D eigenvalue weighted by molar-refractivity contribution is -0.147. The van der Waals surface area contributed by atoms with E-state index in [4.69, 9.17) is 9.47 Å². The highest BCUT2D eigenvalue weighted by Gasteiger charge is 2.50. The molecule has 2 aliphatic heterocycles. The van der Waals surface area contributed by atoms with E-state index in [-0.39, 0.29) is 31.6 Å². The summed E-state index contributed by atoms with van der Waals surface area (Å²) in [4.78, 5) is 20.8. The molecule has 0 aliphatic carbocycles. The van der Waals surface area contributed by atoms with Gasteiger partial charge in [-0.05, 0) is 20.8 Å². The number of alkyl halides is 3. The van der Waals surface area contributed by atoms with E-state index >= 15 is 0 Å². The van der Waals surface area contributed by atoms with Crippen LogP contribution in [0.3, 0.4) is 0 Å². The van der Waals surface area contributed by atoms with Gasteiger partial charge in [0.2, 0.25) is 5.82 Å².